The number of hydrogen-bond donors (Lipinski definition) is 1. The zero-order valence-corrected chi connectivity index (χ0v) is 11.9. The minimum absolute atomic E-state index is 0.165. The van der Waals surface area contributed by atoms with Gasteiger partial charge in [0.1, 0.15) is 0 Å². The Morgan fingerprint density at radius 1 is 1.12 bits per heavy atom. The van der Waals surface area contributed by atoms with E-state index in [-0.39, 0.29) is 5.54 Å². The average Bonchev–Trinajstić information content (AvgIpc) is 2.29. The zero-order chi connectivity index (χ0) is 12.9. The Balaban J connectivity index is 2.52. The molecule has 1 aromatic rings. The van der Waals surface area contributed by atoms with Gasteiger partial charge in [-0.1, -0.05) is 31.2 Å². The molecule has 0 aliphatic heterocycles. The highest BCUT2D eigenvalue weighted by atomic mass is 15.1. The summed E-state index contributed by atoms with van der Waals surface area (Å²) in [6, 6.07) is 8.93. The Labute approximate surface area is 106 Å². The predicted octanol–water partition coefficient (Wildman–Crippen LogP) is 2.68. The van der Waals surface area contributed by atoms with E-state index in [0.717, 1.165) is 19.5 Å². The number of hydrogen-bond acceptors (Lipinski definition) is 2. The summed E-state index contributed by atoms with van der Waals surface area (Å²) in [5.41, 5.74) is 2.96. The predicted molar refractivity (Wildman–Crippen MR) is 75.3 cm³/mol. The van der Waals surface area contributed by atoms with Crippen LogP contribution in [0.25, 0.3) is 0 Å². The standard InChI is InChI=1S/C15H26N2/c1-6-13-7-9-14(10-8-13)11-17(5)12-15(2,3)16-4/h7-10,16H,6,11-12H2,1-5H3. The Hall–Kier alpha value is -0.860. The highest BCUT2D eigenvalue weighted by Gasteiger charge is 2.16. The lowest BCUT2D eigenvalue weighted by atomic mass is 10.0. The van der Waals surface area contributed by atoms with E-state index in [2.05, 4.69) is 62.3 Å². The average molecular weight is 234 g/mol. The van der Waals surface area contributed by atoms with Gasteiger partial charge in [-0.3, -0.25) is 0 Å². The van der Waals surface area contributed by atoms with E-state index in [9.17, 15) is 0 Å². The maximum Gasteiger partial charge on any atom is 0.0249 e. The maximum absolute atomic E-state index is 3.33. The van der Waals surface area contributed by atoms with Crippen molar-refractivity contribution in [3.63, 3.8) is 0 Å². The van der Waals surface area contributed by atoms with Gasteiger partial charge in [0.2, 0.25) is 0 Å². The van der Waals surface area contributed by atoms with Crippen LogP contribution in [0.2, 0.25) is 0 Å². The minimum Gasteiger partial charge on any atom is -0.314 e. The molecular formula is C15H26N2. The Kier molecular flexibility index (Phi) is 5.16. The molecule has 0 amide bonds. The Morgan fingerprint density at radius 2 is 1.65 bits per heavy atom. The van der Waals surface area contributed by atoms with Crippen molar-refractivity contribution in [1.82, 2.24) is 10.2 Å². The monoisotopic (exact) mass is 234 g/mol. The molecular weight excluding hydrogens is 208 g/mol. The van der Waals surface area contributed by atoms with Crippen molar-refractivity contribution in [2.75, 3.05) is 20.6 Å². The van der Waals surface area contributed by atoms with Gasteiger partial charge in [-0.05, 0) is 45.5 Å². The summed E-state index contributed by atoms with van der Waals surface area (Å²) in [7, 11) is 4.19. The number of aryl methyl sites for hydroxylation is 1. The number of nitrogens with zero attached hydrogens (tertiary/aromatic N) is 1. The summed E-state index contributed by atoms with van der Waals surface area (Å²) in [6.45, 7) is 8.69. The summed E-state index contributed by atoms with van der Waals surface area (Å²) in [4.78, 5) is 2.36. The molecule has 17 heavy (non-hydrogen) atoms. The van der Waals surface area contributed by atoms with Gasteiger partial charge in [-0.2, -0.15) is 0 Å². The van der Waals surface area contributed by atoms with Crippen LogP contribution in [0.3, 0.4) is 0 Å². The molecule has 0 atom stereocenters. The molecule has 96 valence electrons. The molecule has 0 saturated carbocycles. The second-order valence-electron chi connectivity index (χ2n) is 5.48. The number of nitrogens with one attached hydrogen (secondary N) is 1. The molecule has 2 heteroatoms. The molecule has 0 aromatic heterocycles. The molecule has 0 aliphatic rings. The minimum atomic E-state index is 0.165. The van der Waals surface area contributed by atoms with Gasteiger partial charge in [0.05, 0.1) is 0 Å². The van der Waals surface area contributed by atoms with Gasteiger partial charge in [-0.15, -0.1) is 0 Å². The van der Waals surface area contributed by atoms with Crippen molar-refractivity contribution in [2.45, 2.75) is 39.3 Å². The SMILES string of the molecule is CCc1ccc(CN(C)CC(C)(C)NC)cc1. The summed E-state index contributed by atoms with van der Waals surface area (Å²) < 4.78 is 0. The van der Waals surface area contributed by atoms with E-state index in [1.807, 2.05) is 7.05 Å². The fourth-order valence-corrected chi connectivity index (χ4v) is 2.00. The van der Waals surface area contributed by atoms with Crippen molar-refractivity contribution in [3.8, 4) is 0 Å². The van der Waals surface area contributed by atoms with Crippen molar-refractivity contribution in [3.05, 3.63) is 35.4 Å². The van der Waals surface area contributed by atoms with Crippen LogP contribution in [0, 0.1) is 0 Å². The van der Waals surface area contributed by atoms with Gasteiger partial charge < -0.3 is 10.2 Å². The first-order chi connectivity index (χ1) is 7.96. The van der Waals surface area contributed by atoms with E-state index in [0.29, 0.717) is 0 Å². The smallest absolute Gasteiger partial charge is 0.0249 e. The molecule has 0 saturated heterocycles. The van der Waals surface area contributed by atoms with Crippen LogP contribution < -0.4 is 5.32 Å². The molecule has 1 aromatic carbocycles. The summed E-state index contributed by atoms with van der Waals surface area (Å²) in [5, 5.41) is 3.33. The summed E-state index contributed by atoms with van der Waals surface area (Å²) >= 11 is 0. The van der Waals surface area contributed by atoms with Gasteiger partial charge in [-0.25, -0.2) is 0 Å². The summed E-state index contributed by atoms with van der Waals surface area (Å²) in [5.74, 6) is 0. The van der Waals surface area contributed by atoms with E-state index >= 15 is 0 Å². The first kappa shape index (κ1) is 14.2. The second kappa shape index (κ2) is 6.18. The second-order valence-corrected chi connectivity index (χ2v) is 5.48. The van der Waals surface area contributed by atoms with Crippen molar-refractivity contribution < 1.29 is 0 Å². The van der Waals surface area contributed by atoms with Crippen LogP contribution in [0.5, 0.6) is 0 Å². The van der Waals surface area contributed by atoms with E-state index in [1.165, 1.54) is 11.1 Å². The lowest BCUT2D eigenvalue weighted by Crippen LogP contribution is -2.46. The maximum atomic E-state index is 3.33. The van der Waals surface area contributed by atoms with E-state index in [4.69, 9.17) is 0 Å². The zero-order valence-electron chi connectivity index (χ0n) is 11.9. The number of likely N-dealkylation sites (N-methyl/N-ethyl adjacent to an activating group) is 2. The van der Waals surface area contributed by atoms with Crippen LogP contribution >= 0.6 is 0 Å². The highest BCUT2D eigenvalue weighted by molar-refractivity contribution is 5.22. The van der Waals surface area contributed by atoms with Gasteiger partial charge in [0.15, 0.2) is 0 Å². The van der Waals surface area contributed by atoms with Crippen molar-refractivity contribution in [1.29, 1.82) is 0 Å². The van der Waals surface area contributed by atoms with Crippen molar-refractivity contribution in [2.24, 2.45) is 0 Å². The first-order valence-corrected chi connectivity index (χ1v) is 6.42. The van der Waals surface area contributed by atoms with Gasteiger partial charge in [0.25, 0.3) is 0 Å². The fourth-order valence-electron chi connectivity index (χ4n) is 2.00. The number of rotatable bonds is 6. The van der Waals surface area contributed by atoms with Crippen LogP contribution in [-0.2, 0) is 13.0 Å². The quantitative estimate of drug-likeness (QED) is 0.814. The third-order valence-corrected chi connectivity index (χ3v) is 3.23. The fraction of sp³-hybridized carbons (Fsp3) is 0.600. The van der Waals surface area contributed by atoms with Gasteiger partial charge in [0, 0.05) is 18.6 Å². The first-order valence-electron chi connectivity index (χ1n) is 6.42. The Bertz CT molecular complexity index is 327. The molecule has 0 radical (unpaired) electrons. The Morgan fingerprint density at radius 3 is 2.12 bits per heavy atom. The molecule has 2 nitrogen and oxygen atoms in total. The summed E-state index contributed by atoms with van der Waals surface area (Å²) in [6.07, 6.45) is 1.11. The molecule has 1 rings (SSSR count). The van der Waals surface area contributed by atoms with Crippen LogP contribution in [0.4, 0.5) is 0 Å². The molecule has 0 fully saturated rings. The lowest BCUT2D eigenvalue weighted by Gasteiger charge is -2.30. The van der Waals surface area contributed by atoms with Gasteiger partial charge >= 0.3 is 0 Å². The van der Waals surface area contributed by atoms with E-state index in [1.54, 1.807) is 0 Å². The molecule has 0 aliphatic carbocycles. The van der Waals surface area contributed by atoms with Crippen molar-refractivity contribution >= 4 is 0 Å². The molecule has 0 unspecified atom stereocenters. The molecule has 0 heterocycles. The van der Waals surface area contributed by atoms with Crippen LogP contribution in [0.15, 0.2) is 24.3 Å². The van der Waals surface area contributed by atoms with Crippen LogP contribution in [0.1, 0.15) is 31.9 Å². The van der Waals surface area contributed by atoms with Crippen LogP contribution in [-0.4, -0.2) is 31.1 Å². The molecule has 1 N–H and O–H groups in total. The number of benzene rings is 1. The molecule has 0 spiro atoms. The third kappa shape index (κ3) is 4.88. The third-order valence-electron chi connectivity index (χ3n) is 3.23. The topological polar surface area (TPSA) is 15.3 Å². The lowest BCUT2D eigenvalue weighted by molar-refractivity contribution is 0.238. The normalized spacial score (nSPS) is 12.1. The highest BCUT2D eigenvalue weighted by Crippen LogP contribution is 2.10. The molecule has 0 bridgehead atoms. The van der Waals surface area contributed by atoms with E-state index < -0.39 is 0 Å². The largest absolute Gasteiger partial charge is 0.314 e.